The van der Waals surface area contributed by atoms with E-state index in [4.69, 9.17) is 51.1 Å². The van der Waals surface area contributed by atoms with Crippen LogP contribution in [0.2, 0.25) is 20.1 Å². The maximum absolute atomic E-state index is 13.7. The summed E-state index contributed by atoms with van der Waals surface area (Å²) >= 11 is 25.4. The summed E-state index contributed by atoms with van der Waals surface area (Å²) in [5.41, 5.74) is -0.227. The second-order valence-corrected chi connectivity index (χ2v) is 15.1. The van der Waals surface area contributed by atoms with Gasteiger partial charge in [-0.3, -0.25) is 9.59 Å². The second kappa shape index (κ2) is 19.5. The molecule has 0 aliphatic carbocycles. The summed E-state index contributed by atoms with van der Waals surface area (Å²) in [5.74, 6) is -0.495. The Balaban J connectivity index is 1.50. The number of carbonyl (C=O) groups is 2. The first-order valence-electron chi connectivity index (χ1n) is 16.9. The third kappa shape index (κ3) is 11.7. The van der Waals surface area contributed by atoms with Gasteiger partial charge < -0.3 is 15.4 Å². The van der Waals surface area contributed by atoms with Crippen LogP contribution in [0, 0.1) is 0 Å². The third-order valence-corrected chi connectivity index (χ3v) is 10.1. The van der Waals surface area contributed by atoms with Crippen molar-refractivity contribution in [3.8, 4) is 11.4 Å². The minimum absolute atomic E-state index is 0.0728. The molecule has 0 fully saturated rings. The molecule has 0 saturated carbocycles. The largest absolute Gasteiger partial charge is 0.440 e. The standard InChI is InChI=1S/C36H39Cl4FN4O6S/c1-2-3-4-5-6-7-8-9-10-11-12-13-33(46)42-25-14-19-28(38)31(22-25)43-32-23-34(47)45(35-29(39)20-24(37)21-30(35)40)44(32)36(48)51-26-15-17-27(18-16-26)52(41,49)50/h14-23,43H,2-13H2,1H3,(H,42,46). The van der Waals surface area contributed by atoms with Gasteiger partial charge in [0.1, 0.15) is 17.3 Å². The molecule has 1 amide bonds. The molecule has 0 saturated heterocycles. The molecule has 2 N–H and O–H groups in total. The molecule has 52 heavy (non-hydrogen) atoms. The van der Waals surface area contributed by atoms with Crippen LogP contribution in [-0.4, -0.2) is 29.8 Å². The molecular weight excluding hydrogens is 777 g/mol. The summed E-state index contributed by atoms with van der Waals surface area (Å²) < 4.78 is 43.0. The van der Waals surface area contributed by atoms with E-state index in [0.29, 0.717) is 12.1 Å². The molecule has 16 heteroatoms. The lowest BCUT2D eigenvalue weighted by molar-refractivity contribution is -0.116. The number of rotatable bonds is 18. The minimum atomic E-state index is -5.00. The van der Waals surface area contributed by atoms with E-state index < -0.39 is 26.8 Å². The summed E-state index contributed by atoms with van der Waals surface area (Å²) in [6.45, 7) is 2.22. The highest BCUT2D eigenvalue weighted by Crippen LogP contribution is 2.34. The first-order chi connectivity index (χ1) is 24.8. The monoisotopic (exact) mass is 814 g/mol. The lowest BCUT2D eigenvalue weighted by Crippen LogP contribution is -2.29. The van der Waals surface area contributed by atoms with Crippen molar-refractivity contribution in [1.29, 1.82) is 0 Å². The summed E-state index contributed by atoms with van der Waals surface area (Å²) in [6.07, 6.45) is 12.1. The third-order valence-electron chi connectivity index (χ3n) is 8.09. The fourth-order valence-electron chi connectivity index (χ4n) is 5.49. The Morgan fingerprint density at radius 1 is 0.769 bits per heavy atom. The molecule has 0 bridgehead atoms. The average molecular weight is 817 g/mol. The Morgan fingerprint density at radius 3 is 1.92 bits per heavy atom. The summed E-state index contributed by atoms with van der Waals surface area (Å²) in [4.78, 5) is 39.2. The SMILES string of the molecule is CCCCCCCCCCCCCC(=O)Nc1ccc(Cl)c(Nc2cc(=O)n(-c3c(Cl)cc(Cl)cc3Cl)n2C(=O)Oc2ccc(S(=O)(=O)F)cc2)c1. The molecule has 4 aromatic rings. The van der Waals surface area contributed by atoms with Gasteiger partial charge in [-0.25, -0.2) is 9.48 Å². The first kappa shape index (κ1) is 41.2. The zero-order valence-corrected chi connectivity index (χ0v) is 32.2. The van der Waals surface area contributed by atoms with E-state index in [1.807, 2.05) is 0 Å². The molecule has 280 valence electrons. The molecule has 1 aromatic heterocycles. The first-order valence-corrected chi connectivity index (χ1v) is 19.8. The van der Waals surface area contributed by atoms with E-state index in [-0.39, 0.29) is 48.9 Å². The van der Waals surface area contributed by atoms with Gasteiger partial charge in [-0.2, -0.15) is 13.1 Å². The maximum Gasteiger partial charge on any atom is 0.440 e. The van der Waals surface area contributed by atoms with Crippen molar-refractivity contribution in [3.05, 3.63) is 91.1 Å². The number of carbonyl (C=O) groups excluding carboxylic acids is 2. The number of benzene rings is 3. The van der Waals surface area contributed by atoms with Gasteiger partial charge in [-0.1, -0.05) is 118 Å². The maximum atomic E-state index is 13.7. The molecule has 4 rings (SSSR count). The van der Waals surface area contributed by atoms with E-state index in [2.05, 4.69) is 17.6 Å². The number of aromatic nitrogens is 2. The van der Waals surface area contributed by atoms with Gasteiger partial charge in [0, 0.05) is 23.2 Å². The van der Waals surface area contributed by atoms with Crippen molar-refractivity contribution in [2.24, 2.45) is 0 Å². The normalized spacial score (nSPS) is 11.4. The molecular formula is C36H39Cl4FN4O6S. The number of halogens is 5. The minimum Gasteiger partial charge on any atom is -0.409 e. The number of anilines is 3. The molecule has 0 radical (unpaired) electrons. The van der Waals surface area contributed by atoms with Crippen molar-refractivity contribution in [2.45, 2.75) is 88.9 Å². The van der Waals surface area contributed by atoms with E-state index >= 15 is 0 Å². The number of nitrogens with one attached hydrogen (secondary N) is 2. The molecule has 0 unspecified atom stereocenters. The van der Waals surface area contributed by atoms with E-state index in [9.17, 15) is 26.7 Å². The molecule has 10 nitrogen and oxygen atoms in total. The van der Waals surface area contributed by atoms with Gasteiger partial charge in [-0.15, -0.1) is 3.89 Å². The lowest BCUT2D eigenvalue weighted by atomic mass is 10.1. The van der Waals surface area contributed by atoms with Gasteiger partial charge in [0.2, 0.25) is 5.91 Å². The Morgan fingerprint density at radius 2 is 1.35 bits per heavy atom. The van der Waals surface area contributed by atoms with Gasteiger partial charge in [0.25, 0.3) is 5.56 Å². The van der Waals surface area contributed by atoms with E-state index in [1.54, 1.807) is 6.07 Å². The number of hydrogen-bond donors (Lipinski definition) is 2. The van der Waals surface area contributed by atoms with E-state index in [0.717, 1.165) is 65.4 Å². The van der Waals surface area contributed by atoms with Crippen molar-refractivity contribution < 1.29 is 26.6 Å². The Kier molecular flexibility index (Phi) is 15.5. The van der Waals surface area contributed by atoms with Gasteiger partial charge in [-0.05, 0) is 61.0 Å². The number of ether oxygens (including phenoxy) is 1. The van der Waals surface area contributed by atoms with Crippen molar-refractivity contribution >= 4 is 85.8 Å². The van der Waals surface area contributed by atoms with Gasteiger partial charge >= 0.3 is 16.3 Å². The van der Waals surface area contributed by atoms with E-state index in [1.165, 1.54) is 69.2 Å². The predicted molar refractivity (Wildman–Crippen MR) is 206 cm³/mol. The topological polar surface area (TPSA) is 128 Å². The van der Waals surface area contributed by atoms with Crippen LogP contribution in [-0.2, 0) is 15.0 Å². The average Bonchev–Trinajstić information content (AvgIpc) is 3.39. The fraction of sp³-hybridized carbons (Fsp3) is 0.361. The smallest absolute Gasteiger partial charge is 0.409 e. The molecule has 0 aliphatic heterocycles. The summed E-state index contributed by atoms with van der Waals surface area (Å²) in [6, 6.07) is 12.3. The Bertz CT molecular complexity index is 2010. The number of hydrogen-bond acceptors (Lipinski definition) is 7. The van der Waals surface area contributed by atoms with Crippen LogP contribution >= 0.6 is 46.4 Å². The number of nitrogens with zero attached hydrogens (tertiary/aromatic N) is 2. The van der Waals surface area contributed by atoms with Crippen LogP contribution in [0.1, 0.15) is 84.0 Å². The van der Waals surface area contributed by atoms with Crippen molar-refractivity contribution in [2.75, 3.05) is 10.6 Å². The quantitative estimate of drug-likeness (QED) is 0.0756. The zero-order valence-electron chi connectivity index (χ0n) is 28.4. The molecule has 0 spiro atoms. The summed E-state index contributed by atoms with van der Waals surface area (Å²) in [5, 5.41) is 6.01. The highest BCUT2D eigenvalue weighted by molar-refractivity contribution is 7.86. The number of amides is 1. The fourth-order valence-corrected chi connectivity index (χ4v) is 7.09. The Labute approximate surface area is 322 Å². The zero-order chi connectivity index (χ0) is 37.8. The van der Waals surface area contributed by atoms with Gasteiger partial charge in [0.05, 0.1) is 25.7 Å². The lowest BCUT2D eigenvalue weighted by Gasteiger charge is -2.17. The van der Waals surface area contributed by atoms with Crippen molar-refractivity contribution in [3.63, 3.8) is 0 Å². The predicted octanol–water partition coefficient (Wildman–Crippen LogP) is 11.3. The highest BCUT2D eigenvalue weighted by Gasteiger charge is 2.25. The summed E-state index contributed by atoms with van der Waals surface area (Å²) in [7, 11) is -5.00. The van der Waals surface area contributed by atoms with Crippen LogP contribution in [0.5, 0.6) is 5.75 Å². The van der Waals surface area contributed by atoms with Crippen LogP contribution in [0.15, 0.2) is 70.4 Å². The Hall–Kier alpha value is -3.55. The molecule has 0 atom stereocenters. The second-order valence-electron chi connectivity index (χ2n) is 12.1. The number of unbranched alkanes of at least 4 members (excludes halogenated alkanes) is 10. The van der Waals surface area contributed by atoms with Crippen LogP contribution in [0.25, 0.3) is 5.69 Å². The molecule has 0 aliphatic rings. The van der Waals surface area contributed by atoms with Crippen LogP contribution in [0.3, 0.4) is 0 Å². The van der Waals surface area contributed by atoms with Gasteiger partial charge in [0.15, 0.2) is 0 Å². The highest BCUT2D eigenvalue weighted by atomic mass is 35.5. The molecule has 3 aromatic carbocycles. The molecule has 1 heterocycles. The van der Waals surface area contributed by atoms with Crippen LogP contribution in [0.4, 0.5) is 25.9 Å². The van der Waals surface area contributed by atoms with Crippen LogP contribution < -0.4 is 20.9 Å². The van der Waals surface area contributed by atoms with Crippen molar-refractivity contribution in [1.82, 2.24) is 9.36 Å².